The molecule has 9 atom stereocenters. The predicted octanol–water partition coefficient (Wildman–Crippen LogP) is 2.12. The molecule has 16 heteroatoms. The normalized spacial score (nSPS) is 28.6. The zero-order chi connectivity index (χ0) is 36.7. The van der Waals surface area contributed by atoms with Gasteiger partial charge in [-0.3, -0.25) is 4.79 Å². The van der Waals surface area contributed by atoms with Crippen LogP contribution in [0.5, 0.6) is 28.7 Å². The van der Waals surface area contributed by atoms with Crippen LogP contribution in [0.1, 0.15) is 34.3 Å². The molecule has 1 unspecified atom stereocenters. The van der Waals surface area contributed by atoms with Gasteiger partial charge in [0, 0.05) is 11.8 Å². The Kier molecular flexibility index (Phi) is 9.82. The highest BCUT2D eigenvalue weighted by atomic mass is 16.7. The van der Waals surface area contributed by atoms with Crippen LogP contribution in [-0.4, -0.2) is 98.8 Å². The number of benzene rings is 3. The van der Waals surface area contributed by atoms with E-state index in [0.717, 1.165) is 12.7 Å². The van der Waals surface area contributed by atoms with Crippen LogP contribution in [0.3, 0.4) is 0 Å². The van der Waals surface area contributed by atoms with E-state index in [9.17, 15) is 29.7 Å². The molecule has 0 aromatic heterocycles. The summed E-state index contributed by atoms with van der Waals surface area (Å²) in [5, 5.41) is 31.9. The minimum absolute atomic E-state index is 0.0302. The molecule has 3 aromatic carbocycles. The number of carbonyl (C=O) groups excluding carboxylic acids is 3. The first kappa shape index (κ1) is 35.3. The molecule has 3 aromatic rings. The van der Waals surface area contributed by atoms with Gasteiger partial charge in [-0.15, -0.1) is 0 Å². The first-order valence-corrected chi connectivity index (χ1v) is 16.3. The summed E-state index contributed by atoms with van der Waals surface area (Å²) >= 11 is 0. The van der Waals surface area contributed by atoms with Crippen LogP contribution in [0.15, 0.2) is 54.6 Å². The lowest BCUT2D eigenvalue weighted by atomic mass is 9.66. The van der Waals surface area contributed by atoms with E-state index in [1.807, 2.05) is 18.2 Å². The number of fused-ring (bicyclic) bond motifs is 3. The summed E-state index contributed by atoms with van der Waals surface area (Å²) in [7, 11) is 3.84. The Balaban J connectivity index is 1.26. The molecule has 4 aliphatic rings. The topological polar surface area (TPSA) is 204 Å². The minimum Gasteiger partial charge on any atom is -0.493 e. The highest BCUT2D eigenvalue weighted by Crippen LogP contribution is 2.57. The number of aliphatic hydroxyl groups is 3. The smallest absolute Gasteiger partial charge is 0.493 e. The van der Waals surface area contributed by atoms with Crippen molar-refractivity contribution in [3.8, 4) is 28.7 Å². The van der Waals surface area contributed by atoms with Crippen molar-refractivity contribution in [3.05, 3.63) is 76.9 Å². The van der Waals surface area contributed by atoms with Crippen LogP contribution in [0.4, 0.5) is 4.79 Å². The minimum atomic E-state index is -1.83. The molecule has 0 amide bonds. The van der Waals surface area contributed by atoms with E-state index >= 15 is 0 Å². The SMILES string of the molecule is COC(=O)[C@H]1O[C@@H](O[C@@H]2c3cc4c(cc3[C@@H](c3cc(OC)c(OC(=O)OCc5ccccc5)c(OC)c3)[C@H]3C(=O)OCC23)OCO4)[C@H](O)[C@@H](O)[C@@H]1O. The molecule has 0 saturated carbocycles. The molecular formula is C36H36O16. The lowest BCUT2D eigenvalue weighted by Crippen LogP contribution is -2.61. The van der Waals surface area contributed by atoms with Crippen molar-refractivity contribution >= 4 is 18.1 Å². The summed E-state index contributed by atoms with van der Waals surface area (Å²) in [5.74, 6) is -2.95. The number of carbonyl (C=O) groups is 3. The number of ether oxygens (including phenoxy) is 10. The number of methoxy groups -OCH3 is 3. The fraction of sp³-hybridized carbons (Fsp3) is 0.417. The summed E-state index contributed by atoms with van der Waals surface area (Å²) in [5.41, 5.74) is 2.32. The highest BCUT2D eigenvalue weighted by Gasteiger charge is 2.56. The monoisotopic (exact) mass is 724 g/mol. The second-order valence-electron chi connectivity index (χ2n) is 12.5. The maximum absolute atomic E-state index is 13.6. The standard InChI is InChI=1S/C36H36O16/c1-43-23-9-17(10-24(44-2)31(23)52-36(42)47-13-16-7-5-4-6-8-16)25-18-11-21-22(49-15-48-21)12-19(18)30(20-14-46-33(40)26(20)25)50-35-29(39)27(37)28(38)32(51-35)34(41)45-3/h4-12,20,25-30,32,35,37-39H,13-15H2,1-3H3/t20?,25-,26+,27+,28+,29-,30-,32+,35-/m1/s1. The molecule has 2 saturated heterocycles. The summed E-state index contributed by atoms with van der Waals surface area (Å²) < 4.78 is 55.8. The first-order valence-electron chi connectivity index (χ1n) is 16.3. The molecule has 3 N–H and O–H groups in total. The lowest BCUT2D eigenvalue weighted by molar-refractivity contribution is -0.311. The zero-order valence-corrected chi connectivity index (χ0v) is 28.2. The van der Waals surface area contributed by atoms with E-state index in [-0.39, 0.29) is 37.3 Å². The molecule has 0 spiro atoms. The van der Waals surface area contributed by atoms with Crippen LogP contribution in [0.2, 0.25) is 0 Å². The van der Waals surface area contributed by atoms with Gasteiger partial charge in [-0.2, -0.15) is 0 Å². The van der Waals surface area contributed by atoms with E-state index in [1.54, 1.807) is 36.4 Å². The number of esters is 2. The Morgan fingerprint density at radius 3 is 2.17 bits per heavy atom. The molecule has 276 valence electrons. The van der Waals surface area contributed by atoms with Crippen LogP contribution >= 0.6 is 0 Å². The molecule has 52 heavy (non-hydrogen) atoms. The third kappa shape index (κ3) is 6.32. The third-order valence-corrected chi connectivity index (χ3v) is 9.63. The average molecular weight is 725 g/mol. The van der Waals surface area contributed by atoms with Crippen LogP contribution < -0.4 is 23.7 Å². The van der Waals surface area contributed by atoms with Crippen LogP contribution in [-0.2, 0) is 39.9 Å². The van der Waals surface area contributed by atoms with Gasteiger partial charge in [-0.25, -0.2) is 9.59 Å². The van der Waals surface area contributed by atoms with Gasteiger partial charge in [-0.1, -0.05) is 30.3 Å². The molecular weight excluding hydrogens is 688 g/mol. The predicted molar refractivity (Wildman–Crippen MR) is 172 cm³/mol. The van der Waals surface area contributed by atoms with E-state index in [0.29, 0.717) is 28.2 Å². The van der Waals surface area contributed by atoms with Gasteiger partial charge in [0.15, 0.2) is 35.4 Å². The molecule has 0 bridgehead atoms. The lowest BCUT2D eigenvalue weighted by Gasteiger charge is -2.44. The van der Waals surface area contributed by atoms with Crippen molar-refractivity contribution in [2.45, 2.75) is 49.3 Å². The number of aliphatic hydroxyl groups excluding tert-OH is 3. The molecule has 7 rings (SSSR count). The second-order valence-corrected chi connectivity index (χ2v) is 12.5. The molecule has 16 nitrogen and oxygen atoms in total. The largest absolute Gasteiger partial charge is 0.514 e. The Bertz CT molecular complexity index is 1810. The quantitative estimate of drug-likeness (QED) is 0.164. The Morgan fingerprint density at radius 2 is 1.52 bits per heavy atom. The average Bonchev–Trinajstić information content (AvgIpc) is 3.79. The summed E-state index contributed by atoms with van der Waals surface area (Å²) in [4.78, 5) is 38.8. The van der Waals surface area contributed by atoms with Gasteiger partial charge < -0.3 is 62.7 Å². The fourth-order valence-electron chi connectivity index (χ4n) is 7.11. The second kappa shape index (κ2) is 14.5. The molecule has 1 aliphatic carbocycles. The third-order valence-electron chi connectivity index (χ3n) is 9.63. The van der Waals surface area contributed by atoms with E-state index in [4.69, 9.17) is 47.4 Å². The molecule has 3 aliphatic heterocycles. The van der Waals surface area contributed by atoms with E-state index in [2.05, 4.69) is 0 Å². The van der Waals surface area contributed by atoms with Crippen molar-refractivity contribution in [1.29, 1.82) is 0 Å². The molecule has 0 radical (unpaired) electrons. The van der Waals surface area contributed by atoms with Gasteiger partial charge in [0.05, 0.1) is 40.0 Å². The van der Waals surface area contributed by atoms with Gasteiger partial charge in [0.25, 0.3) is 0 Å². The number of rotatable bonds is 9. The van der Waals surface area contributed by atoms with Crippen LogP contribution in [0, 0.1) is 11.8 Å². The van der Waals surface area contributed by atoms with Gasteiger partial charge in [-0.05, 0) is 46.5 Å². The van der Waals surface area contributed by atoms with Crippen molar-refractivity contribution < 1.29 is 77.1 Å². The van der Waals surface area contributed by atoms with Crippen molar-refractivity contribution in [2.75, 3.05) is 34.7 Å². The van der Waals surface area contributed by atoms with Gasteiger partial charge in [0.1, 0.15) is 24.9 Å². The van der Waals surface area contributed by atoms with Crippen LogP contribution in [0.25, 0.3) is 0 Å². The first-order chi connectivity index (χ1) is 25.1. The molecule has 3 heterocycles. The maximum Gasteiger partial charge on any atom is 0.514 e. The zero-order valence-electron chi connectivity index (χ0n) is 28.2. The number of cyclic esters (lactones) is 1. The van der Waals surface area contributed by atoms with Crippen molar-refractivity contribution in [2.24, 2.45) is 11.8 Å². The summed E-state index contributed by atoms with van der Waals surface area (Å²) in [6.07, 6.45) is -10.8. The number of hydrogen-bond donors (Lipinski definition) is 3. The Morgan fingerprint density at radius 1 is 0.846 bits per heavy atom. The van der Waals surface area contributed by atoms with Crippen molar-refractivity contribution in [1.82, 2.24) is 0 Å². The fourth-order valence-corrected chi connectivity index (χ4v) is 7.11. The summed E-state index contributed by atoms with van der Waals surface area (Å²) in [6.45, 7) is -0.194. The van der Waals surface area contributed by atoms with E-state index < -0.39 is 72.7 Å². The van der Waals surface area contributed by atoms with Gasteiger partial charge >= 0.3 is 18.1 Å². The maximum atomic E-state index is 13.6. The molecule has 2 fully saturated rings. The van der Waals surface area contributed by atoms with Gasteiger partial charge in [0.2, 0.25) is 12.5 Å². The Labute approximate surface area is 296 Å². The summed E-state index contributed by atoms with van der Waals surface area (Å²) in [6, 6.07) is 15.7. The number of hydrogen-bond acceptors (Lipinski definition) is 16. The van der Waals surface area contributed by atoms with E-state index in [1.165, 1.54) is 14.2 Å². The highest BCUT2D eigenvalue weighted by molar-refractivity contribution is 5.79. The van der Waals surface area contributed by atoms with Crippen molar-refractivity contribution in [3.63, 3.8) is 0 Å². The Hall–Kier alpha value is -5.13.